The monoisotopic (exact) mass is 372 g/mol. The Morgan fingerprint density at radius 1 is 1.04 bits per heavy atom. The van der Waals surface area contributed by atoms with Gasteiger partial charge in [-0.15, -0.1) is 0 Å². The van der Waals surface area contributed by atoms with E-state index in [9.17, 15) is 13.2 Å². The van der Waals surface area contributed by atoms with Crippen LogP contribution in [0, 0.1) is 6.92 Å². The summed E-state index contributed by atoms with van der Waals surface area (Å²) in [5.74, 6) is -0.00299. The molecule has 1 amide bonds. The van der Waals surface area contributed by atoms with Crippen LogP contribution in [0.3, 0.4) is 0 Å². The molecule has 2 aromatic carbocycles. The molecule has 3 rings (SSSR count). The Bertz CT molecular complexity index is 884. The lowest BCUT2D eigenvalue weighted by Crippen LogP contribution is -2.46. The molecule has 1 fully saturated rings. The van der Waals surface area contributed by atoms with Gasteiger partial charge in [-0.05, 0) is 43.0 Å². The van der Waals surface area contributed by atoms with Crippen LogP contribution in [0.1, 0.15) is 28.8 Å². The van der Waals surface area contributed by atoms with Crippen LogP contribution in [0.4, 0.5) is 0 Å². The van der Waals surface area contributed by atoms with E-state index in [1.54, 1.807) is 4.90 Å². The molecule has 5 nitrogen and oxygen atoms in total. The van der Waals surface area contributed by atoms with E-state index in [2.05, 4.69) is 29.0 Å². The predicted molar refractivity (Wildman–Crippen MR) is 104 cm³/mol. The highest BCUT2D eigenvalue weighted by molar-refractivity contribution is 7.88. The van der Waals surface area contributed by atoms with Crippen molar-refractivity contribution >= 4 is 15.9 Å². The molecule has 26 heavy (non-hydrogen) atoms. The fourth-order valence-electron chi connectivity index (χ4n) is 3.26. The zero-order valence-electron chi connectivity index (χ0n) is 15.1. The second-order valence-corrected chi connectivity index (χ2v) is 8.68. The predicted octanol–water partition coefficient (Wildman–Crippen LogP) is 2.82. The standard InChI is InChI=1S/C20H24N2O3S/c1-15-6-8-16(9-7-15)17-4-3-5-18(14-17)20(23)22-12-10-19(11-13-22)21-26(2,24)25/h3-9,14,19,21H,10-13H2,1-2H3. The summed E-state index contributed by atoms with van der Waals surface area (Å²) >= 11 is 0. The van der Waals surface area contributed by atoms with Crippen molar-refractivity contribution in [2.45, 2.75) is 25.8 Å². The summed E-state index contributed by atoms with van der Waals surface area (Å²) < 4.78 is 25.3. The maximum absolute atomic E-state index is 12.8. The molecular weight excluding hydrogens is 348 g/mol. The number of rotatable bonds is 4. The van der Waals surface area contributed by atoms with Crippen molar-refractivity contribution in [3.05, 3.63) is 59.7 Å². The zero-order chi connectivity index (χ0) is 18.7. The summed E-state index contributed by atoms with van der Waals surface area (Å²) in [5, 5.41) is 0. The number of nitrogens with zero attached hydrogens (tertiary/aromatic N) is 1. The van der Waals surface area contributed by atoms with Crippen LogP contribution in [-0.2, 0) is 10.0 Å². The third-order valence-corrected chi connectivity index (χ3v) is 5.42. The molecule has 6 heteroatoms. The number of hydrogen-bond acceptors (Lipinski definition) is 3. The molecule has 2 aromatic rings. The van der Waals surface area contributed by atoms with Crippen molar-refractivity contribution < 1.29 is 13.2 Å². The quantitative estimate of drug-likeness (QED) is 0.897. The number of carbonyl (C=O) groups is 1. The fourth-order valence-corrected chi connectivity index (χ4v) is 4.10. The van der Waals surface area contributed by atoms with Crippen molar-refractivity contribution in [2.75, 3.05) is 19.3 Å². The van der Waals surface area contributed by atoms with Crippen molar-refractivity contribution in [3.8, 4) is 11.1 Å². The number of aryl methyl sites for hydroxylation is 1. The number of sulfonamides is 1. The average Bonchev–Trinajstić information content (AvgIpc) is 2.61. The second kappa shape index (κ2) is 7.60. The van der Waals surface area contributed by atoms with E-state index < -0.39 is 10.0 Å². The lowest BCUT2D eigenvalue weighted by atomic mass is 10.0. The molecule has 0 aliphatic carbocycles. The number of benzene rings is 2. The molecule has 0 saturated carbocycles. The van der Waals surface area contributed by atoms with Gasteiger partial charge in [0, 0.05) is 24.7 Å². The molecule has 138 valence electrons. The average molecular weight is 372 g/mol. The van der Waals surface area contributed by atoms with E-state index in [0.29, 0.717) is 31.5 Å². The van der Waals surface area contributed by atoms with Gasteiger partial charge in [0.15, 0.2) is 0 Å². The first-order valence-corrected chi connectivity index (χ1v) is 10.6. The summed E-state index contributed by atoms with van der Waals surface area (Å²) in [5.41, 5.74) is 3.97. The first-order valence-electron chi connectivity index (χ1n) is 8.75. The van der Waals surface area contributed by atoms with Crippen molar-refractivity contribution in [1.29, 1.82) is 0 Å². The summed E-state index contributed by atoms with van der Waals surface area (Å²) in [6.07, 6.45) is 2.44. The van der Waals surface area contributed by atoms with E-state index in [1.807, 2.05) is 31.2 Å². The van der Waals surface area contributed by atoms with Crippen LogP contribution in [0.5, 0.6) is 0 Å². The lowest BCUT2D eigenvalue weighted by Gasteiger charge is -2.32. The van der Waals surface area contributed by atoms with E-state index in [1.165, 1.54) is 11.8 Å². The smallest absolute Gasteiger partial charge is 0.253 e. The van der Waals surface area contributed by atoms with Gasteiger partial charge < -0.3 is 4.90 Å². The summed E-state index contributed by atoms with van der Waals surface area (Å²) in [7, 11) is -3.21. The maximum Gasteiger partial charge on any atom is 0.253 e. The molecule has 0 unspecified atom stereocenters. The van der Waals surface area contributed by atoms with E-state index in [4.69, 9.17) is 0 Å². The maximum atomic E-state index is 12.8. The molecular formula is C20H24N2O3S. The summed E-state index contributed by atoms with van der Waals surface area (Å²) in [6, 6.07) is 15.8. The van der Waals surface area contributed by atoms with Crippen LogP contribution in [0.25, 0.3) is 11.1 Å². The molecule has 1 aliphatic rings. The van der Waals surface area contributed by atoms with E-state index >= 15 is 0 Å². The highest BCUT2D eigenvalue weighted by Gasteiger charge is 2.25. The van der Waals surface area contributed by atoms with Gasteiger partial charge in [-0.2, -0.15) is 0 Å². The third kappa shape index (κ3) is 4.71. The van der Waals surface area contributed by atoms with Crippen LogP contribution >= 0.6 is 0 Å². The number of likely N-dealkylation sites (tertiary alicyclic amines) is 1. The van der Waals surface area contributed by atoms with Crippen molar-refractivity contribution in [2.24, 2.45) is 0 Å². The number of piperidine rings is 1. The van der Waals surface area contributed by atoms with Gasteiger partial charge in [-0.3, -0.25) is 4.79 Å². The Kier molecular flexibility index (Phi) is 5.44. The summed E-state index contributed by atoms with van der Waals surface area (Å²) in [6.45, 7) is 3.16. The van der Waals surface area contributed by atoms with Gasteiger partial charge >= 0.3 is 0 Å². The number of hydrogen-bond donors (Lipinski definition) is 1. The highest BCUT2D eigenvalue weighted by atomic mass is 32.2. The topological polar surface area (TPSA) is 66.5 Å². The first-order chi connectivity index (χ1) is 12.3. The van der Waals surface area contributed by atoms with Crippen molar-refractivity contribution in [3.63, 3.8) is 0 Å². The minimum Gasteiger partial charge on any atom is -0.339 e. The first kappa shape index (κ1) is 18.6. The van der Waals surface area contributed by atoms with Gasteiger partial charge in [0.25, 0.3) is 5.91 Å². The largest absolute Gasteiger partial charge is 0.339 e. The number of carbonyl (C=O) groups excluding carboxylic acids is 1. The van der Waals surface area contributed by atoms with Crippen LogP contribution in [0.2, 0.25) is 0 Å². The molecule has 0 aromatic heterocycles. The van der Waals surface area contributed by atoms with Gasteiger partial charge in [-0.1, -0.05) is 42.0 Å². The van der Waals surface area contributed by atoms with E-state index in [-0.39, 0.29) is 11.9 Å². The molecule has 0 bridgehead atoms. The Hall–Kier alpha value is -2.18. The number of amides is 1. The Balaban J connectivity index is 1.69. The van der Waals surface area contributed by atoms with Gasteiger partial charge in [-0.25, -0.2) is 13.1 Å². The zero-order valence-corrected chi connectivity index (χ0v) is 15.9. The molecule has 1 N–H and O–H groups in total. The normalized spacial score (nSPS) is 15.8. The molecule has 0 atom stereocenters. The summed E-state index contributed by atoms with van der Waals surface area (Å²) in [4.78, 5) is 14.6. The molecule has 1 heterocycles. The van der Waals surface area contributed by atoms with Gasteiger partial charge in [0.05, 0.1) is 6.26 Å². The molecule has 1 aliphatic heterocycles. The second-order valence-electron chi connectivity index (χ2n) is 6.90. The minimum absolute atomic E-state index is 0.00299. The SMILES string of the molecule is Cc1ccc(-c2cccc(C(=O)N3CCC(NS(C)(=O)=O)CC3)c2)cc1. The van der Waals surface area contributed by atoms with Crippen LogP contribution < -0.4 is 4.72 Å². The highest BCUT2D eigenvalue weighted by Crippen LogP contribution is 2.22. The van der Waals surface area contributed by atoms with Crippen LogP contribution in [0.15, 0.2) is 48.5 Å². The van der Waals surface area contributed by atoms with E-state index in [0.717, 1.165) is 11.1 Å². The molecule has 0 radical (unpaired) electrons. The lowest BCUT2D eigenvalue weighted by molar-refractivity contribution is 0.0711. The molecule has 0 spiro atoms. The Morgan fingerprint density at radius 2 is 1.69 bits per heavy atom. The fraction of sp³-hybridized carbons (Fsp3) is 0.350. The molecule has 1 saturated heterocycles. The van der Waals surface area contributed by atoms with Crippen molar-refractivity contribution in [1.82, 2.24) is 9.62 Å². The van der Waals surface area contributed by atoms with Gasteiger partial charge in [0.1, 0.15) is 0 Å². The minimum atomic E-state index is -3.21. The van der Waals surface area contributed by atoms with Crippen LogP contribution in [-0.4, -0.2) is 44.6 Å². The Morgan fingerprint density at radius 3 is 2.31 bits per heavy atom. The Labute approximate surface area is 155 Å². The third-order valence-electron chi connectivity index (χ3n) is 4.66. The number of nitrogens with one attached hydrogen (secondary N) is 1. The van der Waals surface area contributed by atoms with Gasteiger partial charge in [0.2, 0.25) is 10.0 Å².